The first-order chi connectivity index (χ1) is 7.16. The van der Waals surface area contributed by atoms with Gasteiger partial charge in [0.25, 0.3) is 0 Å². The molecular weight excluding hydrogens is 199 g/mol. The zero-order valence-electron chi connectivity index (χ0n) is 7.87. The molecule has 15 heavy (non-hydrogen) atoms. The van der Waals surface area contributed by atoms with Crippen LogP contribution in [0.3, 0.4) is 0 Å². The van der Waals surface area contributed by atoms with E-state index in [1.807, 2.05) is 0 Å². The molecule has 4 nitrogen and oxygen atoms in total. The van der Waals surface area contributed by atoms with E-state index < -0.39 is 16.4 Å². The molecule has 2 N–H and O–H groups in total. The van der Waals surface area contributed by atoms with Crippen LogP contribution in [0.1, 0.15) is 12.0 Å². The Labute approximate surface area is 86.0 Å². The van der Waals surface area contributed by atoms with Crippen LogP contribution in [0.25, 0.3) is 0 Å². The lowest BCUT2D eigenvalue weighted by atomic mass is 10.2. The lowest BCUT2D eigenvalue weighted by Crippen LogP contribution is -1.96. The largest absolute Gasteiger partial charge is 0.330 e. The number of nitrogens with zero attached hydrogens (tertiary/aromatic N) is 1. The first-order valence-corrected chi connectivity index (χ1v) is 4.28. The minimum absolute atomic E-state index is 0.0256. The van der Waals surface area contributed by atoms with E-state index in [4.69, 9.17) is 5.73 Å². The van der Waals surface area contributed by atoms with Crippen molar-refractivity contribution in [2.75, 3.05) is 6.54 Å². The summed E-state index contributed by atoms with van der Waals surface area (Å²) in [6.07, 6.45) is 0.433. The molecule has 0 aliphatic carbocycles. The summed E-state index contributed by atoms with van der Waals surface area (Å²) < 4.78 is 13.4. The van der Waals surface area contributed by atoms with Crippen LogP contribution in [-0.2, 0) is 0 Å². The highest BCUT2D eigenvalue weighted by Gasteiger charge is 2.15. The van der Waals surface area contributed by atoms with Crippen molar-refractivity contribution in [1.82, 2.24) is 0 Å². The summed E-state index contributed by atoms with van der Waals surface area (Å²) in [5, 5.41) is 10.4. The molecule has 0 spiro atoms. The van der Waals surface area contributed by atoms with Crippen LogP contribution in [-0.4, -0.2) is 11.5 Å². The first-order valence-electron chi connectivity index (χ1n) is 4.28. The fourth-order valence-corrected chi connectivity index (χ4v) is 0.987. The van der Waals surface area contributed by atoms with E-state index in [0.29, 0.717) is 13.0 Å². The van der Waals surface area contributed by atoms with Crippen molar-refractivity contribution >= 4 is 5.69 Å². The summed E-state index contributed by atoms with van der Waals surface area (Å²) in [5.41, 5.74) is 4.67. The maximum atomic E-state index is 13.4. The Bertz CT molecular complexity index is 435. The first kappa shape index (κ1) is 11.1. The van der Waals surface area contributed by atoms with Gasteiger partial charge in [0.05, 0.1) is 10.5 Å². The SMILES string of the molecule is NCCC#Cc1cccc([N+](=O)[O-])c1F. The Kier molecular flexibility index (Phi) is 3.77. The molecule has 0 heterocycles. The fourth-order valence-electron chi connectivity index (χ4n) is 0.987. The summed E-state index contributed by atoms with van der Waals surface area (Å²) in [5.74, 6) is 4.22. The van der Waals surface area contributed by atoms with Gasteiger partial charge in [-0.05, 0) is 6.07 Å². The molecule has 0 aliphatic heterocycles. The molecule has 0 fully saturated rings. The van der Waals surface area contributed by atoms with Gasteiger partial charge in [-0.25, -0.2) is 0 Å². The zero-order valence-corrected chi connectivity index (χ0v) is 7.87. The van der Waals surface area contributed by atoms with Crippen LogP contribution in [0.5, 0.6) is 0 Å². The summed E-state index contributed by atoms with van der Waals surface area (Å²) >= 11 is 0. The Hall–Kier alpha value is -1.93. The van der Waals surface area contributed by atoms with Gasteiger partial charge in [-0.1, -0.05) is 17.9 Å². The number of hydrogen-bond acceptors (Lipinski definition) is 3. The summed E-state index contributed by atoms with van der Waals surface area (Å²) in [6, 6.07) is 3.89. The van der Waals surface area contributed by atoms with Crippen molar-refractivity contribution in [3.8, 4) is 11.8 Å². The van der Waals surface area contributed by atoms with E-state index in [9.17, 15) is 14.5 Å². The van der Waals surface area contributed by atoms with E-state index in [1.165, 1.54) is 12.1 Å². The smallest absolute Gasteiger partial charge is 0.306 e. The molecule has 0 unspecified atom stereocenters. The normalized spacial score (nSPS) is 9.20. The minimum atomic E-state index is -0.896. The Morgan fingerprint density at radius 2 is 2.27 bits per heavy atom. The van der Waals surface area contributed by atoms with Gasteiger partial charge in [0, 0.05) is 19.0 Å². The van der Waals surface area contributed by atoms with Crippen LogP contribution < -0.4 is 5.73 Å². The Balaban J connectivity index is 3.06. The van der Waals surface area contributed by atoms with Crippen LogP contribution >= 0.6 is 0 Å². The van der Waals surface area contributed by atoms with E-state index in [1.54, 1.807) is 0 Å². The number of nitro benzene ring substituents is 1. The van der Waals surface area contributed by atoms with Gasteiger partial charge >= 0.3 is 5.69 Å². The van der Waals surface area contributed by atoms with Gasteiger partial charge in [-0.2, -0.15) is 4.39 Å². The maximum absolute atomic E-state index is 13.4. The monoisotopic (exact) mass is 208 g/mol. The quantitative estimate of drug-likeness (QED) is 0.454. The topological polar surface area (TPSA) is 69.2 Å². The van der Waals surface area contributed by atoms with E-state index in [2.05, 4.69) is 11.8 Å². The molecule has 0 aromatic heterocycles. The Morgan fingerprint density at radius 1 is 1.53 bits per heavy atom. The Morgan fingerprint density at radius 3 is 2.87 bits per heavy atom. The van der Waals surface area contributed by atoms with Crippen LogP contribution in [0.4, 0.5) is 10.1 Å². The van der Waals surface area contributed by atoms with Gasteiger partial charge in [-0.15, -0.1) is 0 Å². The van der Waals surface area contributed by atoms with Gasteiger partial charge in [0.15, 0.2) is 0 Å². The molecule has 0 radical (unpaired) electrons. The van der Waals surface area contributed by atoms with E-state index in [0.717, 1.165) is 6.07 Å². The van der Waals surface area contributed by atoms with Crippen molar-refractivity contribution in [2.24, 2.45) is 5.73 Å². The molecule has 0 atom stereocenters. The number of nitro groups is 1. The predicted octanol–water partition coefficient (Wildman–Crippen LogP) is 1.43. The third-order valence-electron chi connectivity index (χ3n) is 1.67. The number of hydrogen-bond donors (Lipinski definition) is 1. The van der Waals surface area contributed by atoms with Crippen LogP contribution in [0.2, 0.25) is 0 Å². The molecule has 1 aromatic carbocycles. The number of benzene rings is 1. The van der Waals surface area contributed by atoms with Gasteiger partial charge in [-0.3, -0.25) is 10.1 Å². The summed E-state index contributed by atoms with van der Waals surface area (Å²) in [7, 11) is 0. The van der Waals surface area contributed by atoms with Crippen molar-refractivity contribution in [1.29, 1.82) is 0 Å². The average Bonchev–Trinajstić information content (AvgIpc) is 2.20. The number of rotatable bonds is 2. The second-order valence-electron chi connectivity index (χ2n) is 2.74. The molecular formula is C10H9FN2O2. The highest BCUT2D eigenvalue weighted by Crippen LogP contribution is 2.19. The molecule has 0 aliphatic rings. The molecule has 1 aromatic rings. The molecule has 1 rings (SSSR count). The third kappa shape index (κ3) is 2.76. The second kappa shape index (κ2) is 5.08. The van der Waals surface area contributed by atoms with Gasteiger partial charge in [0.1, 0.15) is 0 Å². The molecule has 78 valence electrons. The highest BCUT2D eigenvalue weighted by atomic mass is 19.1. The predicted molar refractivity (Wildman–Crippen MR) is 53.6 cm³/mol. The van der Waals surface area contributed by atoms with E-state index in [-0.39, 0.29) is 5.56 Å². The number of nitrogens with two attached hydrogens (primary N) is 1. The van der Waals surface area contributed by atoms with Crippen LogP contribution in [0.15, 0.2) is 18.2 Å². The molecule has 0 bridgehead atoms. The number of halogens is 1. The summed E-state index contributed by atoms with van der Waals surface area (Å²) in [6.45, 7) is 0.379. The lowest BCUT2D eigenvalue weighted by Gasteiger charge is -1.95. The molecule has 0 amide bonds. The maximum Gasteiger partial charge on any atom is 0.306 e. The van der Waals surface area contributed by atoms with Crippen molar-refractivity contribution < 1.29 is 9.31 Å². The van der Waals surface area contributed by atoms with Gasteiger partial charge < -0.3 is 5.73 Å². The highest BCUT2D eigenvalue weighted by molar-refractivity contribution is 5.45. The van der Waals surface area contributed by atoms with Crippen molar-refractivity contribution in [2.45, 2.75) is 6.42 Å². The van der Waals surface area contributed by atoms with Crippen molar-refractivity contribution in [3.05, 3.63) is 39.7 Å². The lowest BCUT2D eigenvalue weighted by molar-refractivity contribution is -0.387. The minimum Gasteiger partial charge on any atom is -0.330 e. The van der Waals surface area contributed by atoms with Crippen LogP contribution in [0, 0.1) is 27.8 Å². The third-order valence-corrected chi connectivity index (χ3v) is 1.67. The molecule has 0 saturated carbocycles. The average molecular weight is 208 g/mol. The molecule has 5 heteroatoms. The van der Waals surface area contributed by atoms with Crippen molar-refractivity contribution in [3.63, 3.8) is 0 Å². The molecule has 0 saturated heterocycles. The fraction of sp³-hybridized carbons (Fsp3) is 0.200. The van der Waals surface area contributed by atoms with Gasteiger partial charge in [0.2, 0.25) is 5.82 Å². The standard InChI is InChI=1S/C10H9FN2O2/c11-10-8(4-1-2-7-12)5-3-6-9(10)13(14)15/h3,5-6H,2,7,12H2. The summed E-state index contributed by atoms with van der Waals surface area (Å²) in [4.78, 5) is 9.63. The second-order valence-corrected chi connectivity index (χ2v) is 2.74. The van der Waals surface area contributed by atoms with E-state index >= 15 is 0 Å². The zero-order chi connectivity index (χ0) is 11.3.